The Morgan fingerprint density at radius 1 is 1.14 bits per heavy atom. The van der Waals surface area contributed by atoms with Crippen molar-refractivity contribution in [1.82, 2.24) is 14.8 Å². The van der Waals surface area contributed by atoms with Crippen LogP contribution in [-0.4, -0.2) is 58.8 Å². The number of aromatic amines is 1. The summed E-state index contributed by atoms with van der Waals surface area (Å²) in [7, 11) is 0. The van der Waals surface area contributed by atoms with Gasteiger partial charge in [-0.15, -0.1) is 0 Å². The number of piperazine rings is 1. The van der Waals surface area contributed by atoms with Gasteiger partial charge in [0.1, 0.15) is 6.04 Å². The van der Waals surface area contributed by atoms with Crippen LogP contribution in [0.2, 0.25) is 0 Å². The summed E-state index contributed by atoms with van der Waals surface area (Å²) in [5.41, 5.74) is 1.74. The monoisotopic (exact) mass is 384 g/mol. The first-order valence-corrected chi connectivity index (χ1v) is 9.02. The molecule has 2 N–H and O–H groups in total. The summed E-state index contributed by atoms with van der Waals surface area (Å²) in [6.07, 6.45) is 1.47. The maximum absolute atomic E-state index is 12.7. The quantitative estimate of drug-likeness (QED) is 0.705. The number of furan rings is 1. The Bertz CT molecular complexity index is 1040. The maximum Gasteiger partial charge on any atom is 0.417 e. The Morgan fingerprint density at radius 3 is 2.61 bits per heavy atom. The Balaban J connectivity index is 1.35. The number of anilines is 1. The maximum atomic E-state index is 12.7. The molecule has 9 nitrogen and oxygen atoms in total. The first-order chi connectivity index (χ1) is 13.5. The van der Waals surface area contributed by atoms with Gasteiger partial charge in [-0.05, 0) is 37.3 Å². The molecule has 0 saturated carbocycles. The van der Waals surface area contributed by atoms with E-state index < -0.39 is 11.8 Å². The van der Waals surface area contributed by atoms with Crippen molar-refractivity contribution in [3.05, 3.63) is 52.9 Å². The first kappa shape index (κ1) is 17.9. The van der Waals surface area contributed by atoms with E-state index in [-0.39, 0.29) is 11.8 Å². The summed E-state index contributed by atoms with van der Waals surface area (Å²) >= 11 is 0. The largest absolute Gasteiger partial charge is 0.459 e. The molecular formula is C19H20N4O5. The molecule has 9 heteroatoms. The van der Waals surface area contributed by atoms with Gasteiger partial charge < -0.3 is 24.0 Å². The second-order valence-corrected chi connectivity index (χ2v) is 6.69. The van der Waals surface area contributed by atoms with Crippen molar-refractivity contribution < 1.29 is 18.4 Å². The molecule has 146 valence electrons. The lowest BCUT2D eigenvalue weighted by Crippen LogP contribution is -2.53. The number of fused-ring (bicyclic) bond motifs is 1. The Kier molecular flexibility index (Phi) is 4.64. The SMILES string of the molecule is CC(Nc1ccc2oc(=O)[nH]c2c1)C(=O)N1CCN(C(=O)c2ccco2)CC1. The lowest BCUT2D eigenvalue weighted by molar-refractivity contribution is -0.133. The molecule has 1 atom stereocenters. The minimum absolute atomic E-state index is 0.0501. The van der Waals surface area contributed by atoms with Crippen LogP contribution < -0.4 is 11.1 Å². The van der Waals surface area contributed by atoms with Crippen LogP contribution >= 0.6 is 0 Å². The topological polar surface area (TPSA) is 112 Å². The Labute approximate surface area is 159 Å². The normalized spacial score (nSPS) is 15.6. The molecule has 1 unspecified atom stereocenters. The number of oxazole rings is 1. The third kappa shape index (κ3) is 3.51. The van der Waals surface area contributed by atoms with Gasteiger partial charge in [0.25, 0.3) is 5.91 Å². The number of hydrogen-bond acceptors (Lipinski definition) is 6. The zero-order valence-electron chi connectivity index (χ0n) is 15.3. The minimum atomic E-state index is -0.516. The summed E-state index contributed by atoms with van der Waals surface area (Å²) in [6, 6.07) is 8.01. The van der Waals surface area contributed by atoms with E-state index in [0.29, 0.717) is 48.7 Å². The summed E-state index contributed by atoms with van der Waals surface area (Å²) in [5, 5.41) is 3.15. The molecule has 4 rings (SSSR count). The number of nitrogens with zero attached hydrogens (tertiary/aromatic N) is 2. The Morgan fingerprint density at radius 2 is 1.89 bits per heavy atom. The predicted molar refractivity (Wildman–Crippen MR) is 101 cm³/mol. The van der Waals surface area contributed by atoms with E-state index in [0.717, 1.165) is 0 Å². The Hall–Kier alpha value is -3.49. The molecule has 0 radical (unpaired) electrons. The lowest BCUT2D eigenvalue weighted by Gasteiger charge is -2.35. The van der Waals surface area contributed by atoms with Crippen molar-refractivity contribution in [3.8, 4) is 0 Å². The first-order valence-electron chi connectivity index (χ1n) is 9.02. The molecule has 3 heterocycles. The average Bonchev–Trinajstić information content (AvgIpc) is 3.35. The molecule has 28 heavy (non-hydrogen) atoms. The molecule has 3 aromatic rings. The number of benzene rings is 1. The van der Waals surface area contributed by atoms with Crippen LogP contribution in [0.4, 0.5) is 5.69 Å². The number of amides is 2. The second-order valence-electron chi connectivity index (χ2n) is 6.69. The van der Waals surface area contributed by atoms with Crippen LogP contribution in [0.1, 0.15) is 17.5 Å². The van der Waals surface area contributed by atoms with E-state index in [9.17, 15) is 14.4 Å². The minimum Gasteiger partial charge on any atom is -0.459 e. The highest BCUT2D eigenvalue weighted by Gasteiger charge is 2.28. The van der Waals surface area contributed by atoms with Gasteiger partial charge in [-0.1, -0.05) is 0 Å². The number of carbonyl (C=O) groups excluding carboxylic acids is 2. The van der Waals surface area contributed by atoms with E-state index in [1.807, 2.05) is 0 Å². The van der Waals surface area contributed by atoms with Crippen LogP contribution in [0.15, 0.2) is 50.2 Å². The predicted octanol–water partition coefficient (Wildman–Crippen LogP) is 1.50. The average molecular weight is 384 g/mol. The summed E-state index contributed by atoms with van der Waals surface area (Å²) in [6.45, 7) is 3.63. The fraction of sp³-hybridized carbons (Fsp3) is 0.316. The number of H-pyrrole nitrogens is 1. The van der Waals surface area contributed by atoms with Gasteiger partial charge in [0, 0.05) is 31.9 Å². The lowest BCUT2D eigenvalue weighted by atomic mass is 10.2. The summed E-state index contributed by atoms with van der Waals surface area (Å²) in [5.74, 6) is -0.419. The number of aromatic nitrogens is 1. The standard InChI is InChI=1S/C19H20N4O5/c1-12(20-13-4-5-15-14(11-13)21-19(26)28-15)17(24)22-6-8-23(9-7-22)18(25)16-3-2-10-27-16/h2-5,10-12,20H,6-9H2,1H3,(H,21,26). The van der Waals surface area contributed by atoms with Gasteiger partial charge in [-0.25, -0.2) is 4.79 Å². The van der Waals surface area contributed by atoms with Gasteiger partial charge in [-0.2, -0.15) is 0 Å². The second kappa shape index (κ2) is 7.26. The van der Waals surface area contributed by atoms with Crippen LogP contribution in [0.25, 0.3) is 11.1 Å². The molecule has 1 fully saturated rings. The van der Waals surface area contributed by atoms with Gasteiger partial charge in [-0.3, -0.25) is 14.6 Å². The van der Waals surface area contributed by atoms with Gasteiger partial charge in [0.2, 0.25) is 5.91 Å². The number of nitrogens with one attached hydrogen (secondary N) is 2. The number of carbonyl (C=O) groups is 2. The number of hydrogen-bond donors (Lipinski definition) is 2. The van der Waals surface area contributed by atoms with Crippen molar-refractivity contribution in [3.63, 3.8) is 0 Å². The highest BCUT2D eigenvalue weighted by atomic mass is 16.4. The highest BCUT2D eigenvalue weighted by Crippen LogP contribution is 2.18. The fourth-order valence-electron chi connectivity index (χ4n) is 3.31. The van der Waals surface area contributed by atoms with Crippen LogP contribution in [0, 0.1) is 0 Å². The van der Waals surface area contributed by atoms with E-state index in [1.54, 1.807) is 47.1 Å². The van der Waals surface area contributed by atoms with Crippen LogP contribution in [0.5, 0.6) is 0 Å². The molecule has 1 aliphatic rings. The smallest absolute Gasteiger partial charge is 0.417 e. The molecular weight excluding hydrogens is 364 g/mol. The third-order valence-corrected chi connectivity index (χ3v) is 4.78. The zero-order chi connectivity index (χ0) is 19.7. The highest BCUT2D eigenvalue weighted by molar-refractivity contribution is 5.92. The fourth-order valence-corrected chi connectivity index (χ4v) is 3.31. The molecule has 0 aliphatic carbocycles. The molecule has 2 aromatic heterocycles. The molecule has 1 aromatic carbocycles. The zero-order valence-corrected chi connectivity index (χ0v) is 15.3. The molecule has 0 bridgehead atoms. The van der Waals surface area contributed by atoms with Gasteiger partial charge in [0.05, 0.1) is 11.8 Å². The molecule has 1 aliphatic heterocycles. The van der Waals surface area contributed by atoms with E-state index in [2.05, 4.69) is 10.3 Å². The van der Waals surface area contributed by atoms with Crippen molar-refractivity contribution >= 4 is 28.6 Å². The van der Waals surface area contributed by atoms with Crippen molar-refractivity contribution in [2.24, 2.45) is 0 Å². The van der Waals surface area contributed by atoms with E-state index in [4.69, 9.17) is 8.83 Å². The van der Waals surface area contributed by atoms with Crippen molar-refractivity contribution in [2.75, 3.05) is 31.5 Å². The van der Waals surface area contributed by atoms with E-state index in [1.165, 1.54) is 6.26 Å². The van der Waals surface area contributed by atoms with Crippen molar-refractivity contribution in [1.29, 1.82) is 0 Å². The third-order valence-electron chi connectivity index (χ3n) is 4.78. The summed E-state index contributed by atoms with van der Waals surface area (Å²) < 4.78 is 10.1. The van der Waals surface area contributed by atoms with Gasteiger partial charge >= 0.3 is 5.76 Å². The van der Waals surface area contributed by atoms with Crippen molar-refractivity contribution in [2.45, 2.75) is 13.0 Å². The molecule has 2 amide bonds. The number of rotatable bonds is 4. The van der Waals surface area contributed by atoms with E-state index >= 15 is 0 Å². The van der Waals surface area contributed by atoms with Gasteiger partial charge in [0.15, 0.2) is 11.3 Å². The molecule has 1 saturated heterocycles. The molecule has 0 spiro atoms. The summed E-state index contributed by atoms with van der Waals surface area (Å²) in [4.78, 5) is 42.3. The van der Waals surface area contributed by atoms with Crippen LogP contribution in [0.3, 0.4) is 0 Å². The van der Waals surface area contributed by atoms with Crippen LogP contribution in [-0.2, 0) is 4.79 Å².